The molecule has 0 spiro atoms. The molecule has 0 aliphatic heterocycles. The van der Waals surface area contributed by atoms with Gasteiger partial charge in [-0.3, -0.25) is 0 Å². The Morgan fingerprint density at radius 3 is 1.39 bits per heavy atom. The highest BCUT2D eigenvalue weighted by Crippen LogP contribution is 2.19. The fourth-order valence-corrected chi connectivity index (χ4v) is 2.59. The Morgan fingerprint density at radius 1 is 0.444 bits per heavy atom. The van der Waals surface area contributed by atoms with Crippen LogP contribution < -0.4 is 0 Å². The van der Waals surface area contributed by atoms with Crippen LogP contribution in [0.4, 0.5) is 0 Å². The molecule has 1 unspecified atom stereocenters. The molecule has 18 heavy (non-hydrogen) atoms. The van der Waals surface area contributed by atoms with Gasteiger partial charge in [0.15, 0.2) is 0 Å². The standard InChI is InChI=1S/C18H38/c1-16(2)12-9-7-6-8-10-14-18(5)15-11-13-17(3)4/h16-18H,6-15H2,1-5H3. The summed E-state index contributed by atoms with van der Waals surface area (Å²) in [5.41, 5.74) is 0. The topological polar surface area (TPSA) is 0 Å². The summed E-state index contributed by atoms with van der Waals surface area (Å²) in [6.07, 6.45) is 14.5. The van der Waals surface area contributed by atoms with Gasteiger partial charge in [0.1, 0.15) is 0 Å². The summed E-state index contributed by atoms with van der Waals surface area (Å²) in [4.78, 5) is 0. The van der Waals surface area contributed by atoms with E-state index in [0.717, 1.165) is 17.8 Å². The Kier molecular flexibility index (Phi) is 12.1. The van der Waals surface area contributed by atoms with E-state index in [1.54, 1.807) is 0 Å². The van der Waals surface area contributed by atoms with Crippen LogP contribution in [-0.4, -0.2) is 0 Å². The van der Waals surface area contributed by atoms with Gasteiger partial charge in [0.2, 0.25) is 0 Å². The number of hydrogen-bond donors (Lipinski definition) is 0. The molecule has 0 N–H and O–H groups in total. The van der Waals surface area contributed by atoms with Crippen molar-refractivity contribution in [2.75, 3.05) is 0 Å². The largest absolute Gasteiger partial charge is 0.0628 e. The lowest BCUT2D eigenvalue weighted by Crippen LogP contribution is -1.97. The third-order valence-corrected chi connectivity index (χ3v) is 3.96. The van der Waals surface area contributed by atoms with Gasteiger partial charge in [0, 0.05) is 0 Å². The zero-order valence-electron chi connectivity index (χ0n) is 13.8. The van der Waals surface area contributed by atoms with E-state index < -0.39 is 0 Å². The second-order valence-electron chi connectivity index (χ2n) is 7.17. The fourth-order valence-electron chi connectivity index (χ4n) is 2.59. The predicted octanol–water partition coefficient (Wildman–Crippen LogP) is 6.84. The third-order valence-electron chi connectivity index (χ3n) is 3.96. The van der Waals surface area contributed by atoms with Gasteiger partial charge in [0.25, 0.3) is 0 Å². The summed E-state index contributed by atoms with van der Waals surface area (Å²) in [5.74, 6) is 2.74. The predicted molar refractivity (Wildman–Crippen MR) is 85.0 cm³/mol. The molecule has 1 atom stereocenters. The first-order valence-electron chi connectivity index (χ1n) is 8.52. The SMILES string of the molecule is CC(C)CCCCCCCC(C)CCCC(C)C. The first-order valence-corrected chi connectivity index (χ1v) is 8.52. The fraction of sp³-hybridized carbons (Fsp3) is 1.00. The van der Waals surface area contributed by atoms with Gasteiger partial charge in [-0.25, -0.2) is 0 Å². The normalized spacial score (nSPS) is 13.5. The van der Waals surface area contributed by atoms with Crippen molar-refractivity contribution in [2.24, 2.45) is 17.8 Å². The zero-order valence-corrected chi connectivity index (χ0v) is 13.8. The maximum atomic E-state index is 2.44. The van der Waals surface area contributed by atoms with Crippen LogP contribution in [0.3, 0.4) is 0 Å². The molecule has 0 radical (unpaired) electrons. The van der Waals surface area contributed by atoms with Crippen molar-refractivity contribution in [3.8, 4) is 0 Å². The summed E-state index contributed by atoms with van der Waals surface area (Å²) < 4.78 is 0. The molecule has 0 aliphatic rings. The van der Waals surface area contributed by atoms with Crippen LogP contribution in [-0.2, 0) is 0 Å². The van der Waals surface area contributed by atoms with E-state index in [0.29, 0.717) is 0 Å². The van der Waals surface area contributed by atoms with E-state index in [9.17, 15) is 0 Å². The molecular weight excluding hydrogens is 216 g/mol. The smallest absolute Gasteiger partial charge is 0.0443 e. The average Bonchev–Trinajstić information content (AvgIpc) is 2.26. The maximum absolute atomic E-state index is 2.44. The van der Waals surface area contributed by atoms with Crippen LogP contribution in [0.5, 0.6) is 0 Å². The first kappa shape index (κ1) is 18.0. The molecule has 0 saturated carbocycles. The monoisotopic (exact) mass is 254 g/mol. The highest BCUT2D eigenvalue weighted by atomic mass is 14.1. The second kappa shape index (κ2) is 12.1. The Balaban J connectivity index is 3.17. The van der Waals surface area contributed by atoms with E-state index >= 15 is 0 Å². The molecule has 110 valence electrons. The minimum Gasteiger partial charge on any atom is -0.0628 e. The highest BCUT2D eigenvalue weighted by Gasteiger charge is 2.03. The van der Waals surface area contributed by atoms with Crippen LogP contribution in [0.1, 0.15) is 98.8 Å². The summed E-state index contributed by atoms with van der Waals surface area (Å²) in [7, 11) is 0. The Morgan fingerprint density at radius 2 is 0.833 bits per heavy atom. The summed E-state index contributed by atoms with van der Waals surface area (Å²) in [6, 6.07) is 0. The van der Waals surface area contributed by atoms with Crippen LogP contribution >= 0.6 is 0 Å². The Hall–Kier alpha value is 0. The quantitative estimate of drug-likeness (QED) is 0.335. The second-order valence-corrected chi connectivity index (χ2v) is 7.17. The minimum absolute atomic E-state index is 0.887. The molecule has 0 heterocycles. The number of hydrogen-bond acceptors (Lipinski definition) is 0. The van der Waals surface area contributed by atoms with Crippen LogP contribution in [0, 0.1) is 17.8 Å². The summed E-state index contributed by atoms with van der Waals surface area (Å²) >= 11 is 0. The first-order chi connectivity index (χ1) is 8.52. The Bertz CT molecular complexity index is 157. The average molecular weight is 255 g/mol. The van der Waals surface area contributed by atoms with Gasteiger partial charge in [-0.1, -0.05) is 98.8 Å². The van der Waals surface area contributed by atoms with E-state index in [2.05, 4.69) is 34.6 Å². The van der Waals surface area contributed by atoms with Gasteiger partial charge in [-0.05, 0) is 17.8 Å². The molecule has 0 fully saturated rings. The molecular formula is C18H38. The third kappa shape index (κ3) is 14.1. The van der Waals surface area contributed by atoms with E-state index in [-0.39, 0.29) is 0 Å². The summed E-state index contributed by atoms with van der Waals surface area (Å²) in [5, 5.41) is 0. The lowest BCUT2D eigenvalue weighted by molar-refractivity contribution is 0.416. The minimum atomic E-state index is 0.887. The van der Waals surface area contributed by atoms with Crippen molar-refractivity contribution in [2.45, 2.75) is 98.8 Å². The van der Waals surface area contributed by atoms with Crippen molar-refractivity contribution in [1.82, 2.24) is 0 Å². The maximum Gasteiger partial charge on any atom is -0.0443 e. The van der Waals surface area contributed by atoms with Crippen LogP contribution in [0.15, 0.2) is 0 Å². The van der Waals surface area contributed by atoms with Crippen molar-refractivity contribution in [3.05, 3.63) is 0 Å². The van der Waals surface area contributed by atoms with E-state index in [1.807, 2.05) is 0 Å². The zero-order chi connectivity index (χ0) is 13.8. The molecule has 0 aromatic heterocycles. The van der Waals surface area contributed by atoms with Gasteiger partial charge >= 0.3 is 0 Å². The van der Waals surface area contributed by atoms with Crippen molar-refractivity contribution in [1.29, 1.82) is 0 Å². The molecule has 0 aromatic carbocycles. The summed E-state index contributed by atoms with van der Waals surface area (Å²) in [6.45, 7) is 11.8. The molecule has 0 nitrogen and oxygen atoms in total. The van der Waals surface area contributed by atoms with Crippen molar-refractivity contribution in [3.63, 3.8) is 0 Å². The lowest BCUT2D eigenvalue weighted by atomic mass is 9.94. The van der Waals surface area contributed by atoms with Crippen molar-refractivity contribution < 1.29 is 0 Å². The number of unbranched alkanes of at least 4 members (excludes halogenated alkanes) is 4. The van der Waals surface area contributed by atoms with Gasteiger partial charge in [0.05, 0.1) is 0 Å². The molecule has 0 rings (SSSR count). The lowest BCUT2D eigenvalue weighted by Gasteiger charge is -2.12. The molecule has 0 bridgehead atoms. The van der Waals surface area contributed by atoms with Gasteiger partial charge in [-0.2, -0.15) is 0 Å². The number of rotatable bonds is 12. The molecule has 0 saturated heterocycles. The van der Waals surface area contributed by atoms with Crippen molar-refractivity contribution >= 4 is 0 Å². The molecule has 0 aromatic rings. The molecule has 0 amide bonds. The van der Waals surface area contributed by atoms with Gasteiger partial charge < -0.3 is 0 Å². The molecule has 0 heteroatoms. The van der Waals surface area contributed by atoms with E-state index in [1.165, 1.54) is 64.2 Å². The van der Waals surface area contributed by atoms with E-state index in [4.69, 9.17) is 0 Å². The van der Waals surface area contributed by atoms with Gasteiger partial charge in [-0.15, -0.1) is 0 Å². The Labute approximate surface area is 117 Å². The van der Waals surface area contributed by atoms with Crippen LogP contribution in [0.2, 0.25) is 0 Å². The van der Waals surface area contributed by atoms with Crippen LogP contribution in [0.25, 0.3) is 0 Å². The highest BCUT2D eigenvalue weighted by molar-refractivity contribution is 4.56. The molecule has 0 aliphatic carbocycles.